The number of hydrogen-bond donors (Lipinski definition) is 3. The molecule has 1 aliphatic heterocycles. The molecule has 5 rings (SSSR count). The number of benzene rings is 1. The Balaban J connectivity index is 1.25. The molecule has 26 heavy (non-hydrogen) atoms. The minimum absolute atomic E-state index is 0.110. The van der Waals surface area contributed by atoms with Crippen LogP contribution in [0, 0.1) is 11.3 Å². The number of nitrogens with one attached hydrogen (secondary N) is 3. The third-order valence-electron chi connectivity index (χ3n) is 6.53. The molecule has 6 heteroatoms. The van der Waals surface area contributed by atoms with Gasteiger partial charge in [0.15, 0.2) is 0 Å². The number of carbonyl (C=O) groups excluding carboxylic acids is 1. The normalized spacial score (nSPS) is 28.5. The molecule has 3 N–H and O–H groups in total. The van der Waals surface area contributed by atoms with Crippen molar-refractivity contribution in [2.24, 2.45) is 11.3 Å². The van der Waals surface area contributed by atoms with Crippen molar-refractivity contribution < 1.29 is 9.53 Å². The first kappa shape index (κ1) is 15.9. The third-order valence-corrected chi connectivity index (χ3v) is 6.53. The first-order valence-corrected chi connectivity index (χ1v) is 9.55. The number of rotatable bonds is 3. The number of urea groups is 1. The van der Waals surface area contributed by atoms with Gasteiger partial charge >= 0.3 is 6.03 Å². The number of aromatic amines is 1. The number of aromatic nitrogens is 2. The van der Waals surface area contributed by atoms with Gasteiger partial charge in [0.2, 0.25) is 0 Å². The van der Waals surface area contributed by atoms with Crippen LogP contribution in [0.25, 0.3) is 11.3 Å². The Hall–Kier alpha value is -2.34. The van der Waals surface area contributed by atoms with Crippen molar-refractivity contribution in [1.29, 1.82) is 0 Å². The molecule has 1 aromatic carbocycles. The molecule has 3 fully saturated rings. The topological polar surface area (TPSA) is 79.0 Å². The van der Waals surface area contributed by atoms with Gasteiger partial charge in [-0.1, -0.05) is 25.0 Å². The van der Waals surface area contributed by atoms with Gasteiger partial charge in [-0.05, 0) is 43.0 Å². The van der Waals surface area contributed by atoms with E-state index in [1.807, 2.05) is 30.3 Å². The van der Waals surface area contributed by atoms with Crippen LogP contribution in [-0.4, -0.2) is 35.0 Å². The van der Waals surface area contributed by atoms with Crippen LogP contribution < -0.4 is 10.6 Å². The summed E-state index contributed by atoms with van der Waals surface area (Å²) in [5.74, 6) is 0.488. The molecule has 136 valence electrons. The highest BCUT2D eigenvalue weighted by molar-refractivity contribution is 5.90. The van der Waals surface area contributed by atoms with Crippen LogP contribution in [0.15, 0.2) is 36.5 Å². The lowest BCUT2D eigenvalue weighted by atomic mass is 9.54. The van der Waals surface area contributed by atoms with Crippen LogP contribution in [-0.2, 0) is 4.74 Å². The van der Waals surface area contributed by atoms with Crippen molar-refractivity contribution in [3.05, 3.63) is 36.5 Å². The summed E-state index contributed by atoms with van der Waals surface area (Å²) in [7, 11) is 0. The number of H-pyrrole nitrogens is 1. The van der Waals surface area contributed by atoms with Crippen molar-refractivity contribution in [3.8, 4) is 11.3 Å². The lowest BCUT2D eigenvalue weighted by Gasteiger charge is -2.56. The Bertz CT molecular complexity index is 781. The van der Waals surface area contributed by atoms with Crippen molar-refractivity contribution in [2.75, 3.05) is 11.9 Å². The summed E-state index contributed by atoms with van der Waals surface area (Å²) in [4.78, 5) is 12.6. The fourth-order valence-corrected chi connectivity index (χ4v) is 5.36. The fraction of sp³-hybridized carbons (Fsp3) is 0.500. The summed E-state index contributed by atoms with van der Waals surface area (Å²) in [5, 5.41) is 13.2. The lowest BCUT2D eigenvalue weighted by molar-refractivity contribution is -0.125. The highest BCUT2D eigenvalue weighted by atomic mass is 16.5. The maximum atomic E-state index is 12.6. The zero-order chi connectivity index (χ0) is 17.6. The second kappa shape index (κ2) is 6.13. The van der Waals surface area contributed by atoms with Crippen LogP contribution in [0.5, 0.6) is 0 Å². The second-order valence-corrected chi connectivity index (χ2v) is 7.81. The average molecular weight is 352 g/mol. The smallest absolute Gasteiger partial charge is 0.319 e. The van der Waals surface area contributed by atoms with Gasteiger partial charge in [0.25, 0.3) is 0 Å². The summed E-state index contributed by atoms with van der Waals surface area (Å²) in [6.45, 7) is 0.839. The summed E-state index contributed by atoms with van der Waals surface area (Å²) in [5.41, 5.74) is 2.99. The van der Waals surface area contributed by atoms with Gasteiger partial charge in [-0.2, -0.15) is 5.10 Å². The summed E-state index contributed by atoms with van der Waals surface area (Å²) in [6, 6.07) is 9.86. The zero-order valence-electron chi connectivity index (χ0n) is 14.7. The number of nitrogens with zero attached hydrogens (tertiary/aromatic N) is 1. The van der Waals surface area contributed by atoms with Crippen LogP contribution in [0.4, 0.5) is 10.5 Å². The van der Waals surface area contributed by atoms with E-state index < -0.39 is 0 Å². The van der Waals surface area contributed by atoms with Gasteiger partial charge in [-0.15, -0.1) is 0 Å². The largest absolute Gasteiger partial charge is 0.377 e. The van der Waals surface area contributed by atoms with E-state index in [0.29, 0.717) is 12.0 Å². The first-order chi connectivity index (χ1) is 12.8. The van der Waals surface area contributed by atoms with Crippen molar-refractivity contribution in [2.45, 2.75) is 44.2 Å². The number of anilines is 1. The van der Waals surface area contributed by atoms with E-state index in [4.69, 9.17) is 4.74 Å². The van der Waals surface area contributed by atoms with Crippen LogP contribution in [0.2, 0.25) is 0 Å². The Morgan fingerprint density at radius 2 is 2.00 bits per heavy atom. The van der Waals surface area contributed by atoms with E-state index in [9.17, 15) is 4.79 Å². The third kappa shape index (κ3) is 2.43. The van der Waals surface area contributed by atoms with Gasteiger partial charge in [0.05, 0.1) is 11.8 Å². The number of fused-ring (bicyclic) bond motifs is 2. The highest BCUT2D eigenvalue weighted by Crippen LogP contribution is 2.60. The van der Waals surface area contributed by atoms with Gasteiger partial charge < -0.3 is 15.4 Å². The molecule has 1 aromatic heterocycles. The summed E-state index contributed by atoms with van der Waals surface area (Å²) in [6.07, 6.45) is 8.02. The SMILES string of the molecule is O=C(Nc1ccc(-c2ccn[nH]2)cc1)NC1C2CCOC2C12CCCC2. The van der Waals surface area contributed by atoms with E-state index >= 15 is 0 Å². The molecular formula is C20H24N4O2. The van der Waals surface area contributed by atoms with E-state index in [1.165, 1.54) is 25.7 Å². The van der Waals surface area contributed by atoms with Crippen molar-refractivity contribution in [1.82, 2.24) is 15.5 Å². The second-order valence-electron chi connectivity index (χ2n) is 7.81. The molecule has 2 amide bonds. The van der Waals surface area contributed by atoms with E-state index in [-0.39, 0.29) is 17.5 Å². The van der Waals surface area contributed by atoms with E-state index in [1.54, 1.807) is 6.20 Å². The number of carbonyl (C=O) groups is 1. The quantitative estimate of drug-likeness (QED) is 0.790. The van der Waals surface area contributed by atoms with Gasteiger partial charge in [-0.3, -0.25) is 5.10 Å². The van der Waals surface area contributed by atoms with E-state index in [0.717, 1.165) is 30.0 Å². The molecule has 3 unspecified atom stereocenters. The van der Waals surface area contributed by atoms with E-state index in [2.05, 4.69) is 20.8 Å². The predicted molar refractivity (Wildman–Crippen MR) is 98.7 cm³/mol. The van der Waals surface area contributed by atoms with Gasteiger partial charge in [0, 0.05) is 35.9 Å². The lowest BCUT2D eigenvalue weighted by Crippen LogP contribution is -2.68. The average Bonchev–Trinajstić information content (AvgIpc) is 3.41. The zero-order valence-corrected chi connectivity index (χ0v) is 14.7. The molecule has 0 bridgehead atoms. The standard InChI is InChI=1S/C20H24N4O2/c25-19(22-14-5-3-13(4-6-14)16-7-11-21-24-16)23-17-15-8-12-26-18(15)20(17)9-1-2-10-20/h3-7,11,15,17-18H,1-2,8-10,12H2,(H,21,24)(H2,22,23,25). The molecule has 1 spiro atoms. The molecule has 3 aliphatic rings. The number of ether oxygens (including phenoxy) is 1. The predicted octanol–water partition coefficient (Wildman–Crippen LogP) is 3.55. The fourth-order valence-electron chi connectivity index (χ4n) is 5.36. The maximum absolute atomic E-state index is 12.6. The molecule has 3 atom stereocenters. The van der Waals surface area contributed by atoms with Gasteiger partial charge in [-0.25, -0.2) is 4.79 Å². The first-order valence-electron chi connectivity index (χ1n) is 9.55. The number of amides is 2. The van der Waals surface area contributed by atoms with Crippen LogP contribution >= 0.6 is 0 Å². The van der Waals surface area contributed by atoms with Crippen molar-refractivity contribution >= 4 is 11.7 Å². The van der Waals surface area contributed by atoms with Crippen molar-refractivity contribution in [3.63, 3.8) is 0 Å². The minimum Gasteiger partial charge on any atom is -0.377 e. The Kier molecular flexibility index (Phi) is 3.74. The molecule has 2 aromatic rings. The van der Waals surface area contributed by atoms with Crippen LogP contribution in [0.3, 0.4) is 0 Å². The van der Waals surface area contributed by atoms with Gasteiger partial charge in [0.1, 0.15) is 0 Å². The molecule has 6 nitrogen and oxygen atoms in total. The minimum atomic E-state index is -0.110. The summed E-state index contributed by atoms with van der Waals surface area (Å²) >= 11 is 0. The molecule has 2 heterocycles. The Morgan fingerprint density at radius 1 is 1.19 bits per heavy atom. The number of hydrogen-bond acceptors (Lipinski definition) is 3. The molecule has 2 aliphatic carbocycles. The molecule has 2 saturated carbocycles. The highest BCUT2D eigenvalue weighted by Gasteiger charge is 2.65. The maximum Gasteiger partial charge on any atom is 0.319 e. The molecular weight excluding hydrogens is 328 g/mol. The Morgan fingerprint density at radius 3 is 2.73 bits per heavy atom. The molecule has 1 saturated heterocycles. The Labute approximate surface area is 152 Å². The molecule has 0 radical (unpaired) electrons. The monoisotopic (exact) mass is 352 g/mol. The van der Waals surface area contributed by atoms with Crippen LogP contribution in [0.1, 0.15) is 32.1 Å². The summed E-state index contributed by atoms with van der Waals surface area (Å²) < 4.78 is 5.99.